The third kappa shape index (κ3) is 4.09. The normalized spacial score (nSPS) is 11.5. The summed E-state index contributed by atoms with van der Waals surface area (Å²) in [6.07, 6.45) is 5.51. The summed E-state index contributed by atoms with van der Waals surface area (Å²) in [5.74, 6) is 2.38. The van der Waals surface area contributed by atoms with Crippen molar-refractivity contribution in [2.75, 3.05) is 0 Å². The third-order valence-corrected chi connectivity index (χ3v) is 2.23. The lowest BCUT2D eigenvalue weighted by Crippen LogP contribution is -2.32. The lowest BCUT2D eigenvalue weighted by molar-refractivity contribution is -0.120. The Labute approximate surface area is 95.5 Å². The first-order chi connectivity index (χ1) is 7.11. The second kappa shape index (κ2) is 5.47. The van der Waals surface area contributed by atoms with E-state index < -0.39 is 0 Å². The molecule has 1 unspecified atom stereocenters. The smallest absolute Gasteiger partial charge is 0.225 e. The SMILES string of the molecule is C#CC(C)NC(=O)Cc1ccc(S)cc1. The fraction of sp³-hybridized carbons (Fsp3) is 0.250. The van der Waals surface area contributed by atoms with Crippen LogP contribution >= 0.6 is 12.6 Å². The van der Waals surface area contributed by atoms with Crippen LogP contribution in [0.5, 0.6) is 0 Å². The first-order valence-electron chi connectivity index (χ1n) is 4.65. The number of benzene rings is 1. The Balaban J connectivity index is 2.52. The number of rotatable bonds is 3. The van der Waals surface area contributed by atoms with Gasteiger partial charge in [0.15, 0.2) is 0 Å². The van der Waals surface area contributed by atoms with Gasteiger partial charge < -0.3 is 5.32 Å². The summed E-state index contributed by atoms with van der Waals surface area (Å²) in [7, 11) is 0. The third-order valence-electron chi connectivity index (χ3n) is 1.93. The van der Waals surface area contributed by atoms with Crippen LogP contribution < -0.4 is 5.32 Å². The summed E-state index contributed by atoms with van der Waals surface area (Å²) >= 11 is 4.17. The average molecular weight is 219 g/mol. The van der Waals surface area contributed by atoms with E-state index in [2.05, 4.69) is 23.9 Å². The van der Waals surface area contributed by atoms with E-state index in [0.29, 0.717) is 6.42 Å². The highest BCUT2D eigenvalue weighted by atomic mass is 32.1. The Morgan fingerprint density at radius 3 is 2.67 bits per heavy atom. The van der Waals surface area contributed by atoms with Crippen molar-refractivity contribution in [3.63, 3.8) is 0 Å². The number of amides is 1. The van der Waals surface area contributed by atoms with Crippen LogP contribution in [-0.4, -0.2) is 11.9 Å². The van der Waals surface area contributed by atoms with Crippen molar-refractivity contribution in [1.29, 1.82) is 0 Å². The molecule has 1 amide bonds. The molecule has 0 heterocycles. The topological polar surface area (TPSA) is 29.1 Å². The molecule has 0 saturated heterocycles. The molecule has 1 aromatic carbocycles. The molecule has 0 aliphatic rings. The highest BCUT2D eigenvalue weighted by Crippen LogP contribution is 2.08. The number of hydrogen-bond acceptors (Lipinski definition) is 2. The van der Waals surface area contributed by atoms with Gasteiger partial charge in [0.1, 0.15) is 0 Å². The van der Waals surface area contributed by atoms with Crippen LogP contribution in [0.15, 0.2) is 29.2 Å². The van der Waals surface area contributed by atoms with E-state index in [-0.39, 0.29) is 11.9 Å². The molecule has 15 heavy (non-hydrogen) atoms. The highest BCUT2D eigenvalue weighted by Gasteiger charge is 2.05. The van der Waals surface area contributed by atoms with Gasteiger partial charge in [-0.1, -0.05) is 18.1 Å². The zero-order chi connectivity index (χ0) is 11.3. The summed E-state index contributed by atoms with van der Waals surface area (Å²) in [5.41, 5.74) is 0.953. The van der Waals surface area contributed by atoms with Gasteiger partial charge >= 0.3 is 0 Å². The zero-order valence-corrected chi connectivity index (χ0v) is 9.42. The lowest BCUT2D eigenvalue weighted by atomic mass is 10.1. The van der Waals surface area contributed by atoms with E-state index in [1.165, 1.54) is 0 Å². The zero-order valence-electron chi connectivity index (χ0n) is 8.53. The molecule has 0 aliphatic heterocycles. The van der Waals surface area contributed by atoms with Crippen LogP contribution in [-0.2, 0) is 11.2 Å². The van der Waals surface area contributed by atoms with Crippen molar-refractivity contribution in [3.05, 3.63) is 29.8 Å². The van der Waals surface area contributed by atoms with Gasteiger partial charge in [0.25, 0.3) is 0 Å². The fourth-order valence-corrected chi connectivity index (χ4v) is 1.28. The number of terminal acetylenes is 1. The molecule has 78 valence electrons. The van der Waals surface area contributed by atoms with E-state index in [4.69, 9.17) is 6.42 Å². The molecule has 0 saturated carbocycles. The molecule has 0 radical (unpaired) electrons. The minimum Gasteiger partial charge on any atom is -0.342 e. The largest absolute Gasteiger partial charge is 0.342 e. The van der Waals surface area contributed by atoms with Crippen LogP contribution in [0.2, 0.25) is 0 Å². The monoisotopic (exact) mass is 219 g/mol. The van der Waals surface area contributed by atoms with Crippen molar-refractivity contribution >= 4 is 18.5 Å². The Morgan fingerprint density at radius 2 is 2.13 bits per heavy atom. The Bertz CT molecular complexity index is 378. The van der Waals surface area contributed by atoms with E-state index in [9.17, 15) is 4.79 Å². The molecule has 0 fully saturated rings. The second-order valence-electron chi connectivity index (χ2n) is 3.30. The van der Waals surface area contributed by atoms with Gasteiger partial charge in [-0.15, -0.1) is 19.1 Å². The van der Waals surface area contributed by atoms with Crippen LogP contribution in [0.3, 0.4) is 0 Å². The summed E-state index contributed by atoms with van der Waals surface area (Å²) in [4.78, 5) is 12.3. The van der Waals surface area contributed by atoms with Gasteiger partial charge in [0.05, 0.1) is 12.5 Å². The molecule has 1 atom stereocenters. The Hall–Kier alpha value is -1.40. The summed E-state index contributed by atoms with van der Waals surface area (Å²) in [6, 6.07) is 7.25. The molecule has 0 aromatic heterocycles. The van der Waals surface area contributed by atoms with Gasteiger partial charge in [-0.3, -0.25) is 4.79 Å². The molecule has 2 nitrogen and oxygen atoms in total. The first kappa shape index (κ1) is 11.7. The van der Waals surface area contributed by atoms with E-state index in [0.717, 1.165) is 10.5 Å². The molecular weight excluding hydrogens is 206 g/mol. The molecule has 1 aromatic rings. The molecule has 0 bridgehead atoms. The van der Waals surface area contributed by atoms with Gasteiger partial charge in [-0.05, 0) is 24.6 Å². The van der Waals surface area contributed by atoms with Crippen molar-refractivity contribution < 1.29 is 4.79 Å². The van der Waals surface area contributed by atoms with Crippen LogP contribution in [0.4, 0.5) is 0 Å². The molecule has 1 N–H and O–H groups in total. The van der Waals surface area contributed by atoms with E-state index in [1.54, 1.807) is 6.92 Å². The van der Waals surface area contributed by atoms with Crippen LogP contribution in [0, 0.1) is 12.3 Å². The van der Waals surface area contributed by atoms with Gasteiger partial charge in [-0.25, -0.2) is 0 Å². The second-order valence-corrected chi connectivity index (χ2v) is 3.82. The number of thiol groups is 1. The van der Waals surface area contributed by atoms with Gasteiger partial charge in [0.2, 0.25) is 5.91 Å². The minimum atomic E-state index is -0.221. The lowest BCUT2D eigenvalue weighted by Gasteiger charge is -2.07. The molecule has 3 heteroatoms. The Morgan fingerprint density at radius 1 is 1.53 bits per heavy atom. The van der Waals surface area contributed by atoms with Crippen molar-refractivity contribution in [3.8, 4) is 12.3 Å². The molecular formula is C12H13NOS. The summed E-state index contributed by atoms with van der Waals surface area (Å²) in [5, 5.41) is 2.70. The molecule has 0 spiro atoms. The van der Waals surface area contributed by atoms with E-state index in [1.807, 2.05) is 24.3 Å². The van der Waals surface area contributed by atoms with Crippen LogP contribution in [0.1, 0.15) is 12.5 Å². The summed E-state index contributed by atoms with van der Waals surface area (Å²) in [6.45, 7) is 1.77. The number of carbonyl (C=O) groups is 1. The highest BCUT2D eigenvalue weighted by molar-refractivity contribution is 7.80. The van der Waals surface area contributed by atoms with E-state index >= 15 is 0 Å². The fourth-order valence-electron chi connectivity index (χ4n) is 1.13. The number of carbonyl (C=O) groups excluding carboxylic acids is 1. The number of nitrogens with one attached hydrogen (secondary N) is 1. The van der Waals surface area contributed by atoms with Crippen molar-refractivity contribution in [2.24, 2.45) is 0 Å². The Kier molecular flexibility index (Phi) is 4.26. The van der Waals surface area contributed by atoms with Crippen molar-refractivity contribution in [2.45, 2.75) is 24.3 Å². The molecule has 0 aliphatic carbocycles. The standard InChI is InChI=1S/C12H13NOS/c1-3-9(2)13-12(14)8-10-4-6-11(15)7-5-10/h1,4-7,9,15H,8H2,2H3,(H,13,14). The predicted molar refractivity (Wildman–Crippen MR) is 63.8 cm³/mol. The predicted octanol–water partition coefficient (Wildman–Crippen LogP) is 1.66. The van der Waals surface area contributed by atoms with Gasteiger partial charge in [0, 0.05) is 4.90 Å². The first-order valence-corrected chi connectivity index (χ1v) is 5.10. The minimum absolute atomic E-state index is 0.0626. The van der Waals surface area contributed by atoms with Gasteiger partial charge in [-0.2, -0.15) is 0 Å². The van der Waals surface area contributed by atoms with Crippen molar-refractivity contribution in [1.82, 2.24) is 5.32 Å². The maximum absolute atomic E-state index is 11.4. The maximum atomic E-state index is 11.4. The molecule has 1 rings (SSSR count). The quantitative estimate of drug-likeness (QED) is 0.587. The maximum Gasteiger partial charge on any atom is 0.225 e. The average Bonchev–Trinajstić information content (AvgIpc) is 2.21. The van der Waals surface area contributed by atoms with Crippen LogP contribution in [0.25, 0.3) is 0 Å². The number of hydrogen-bond donors (Lipinski definition) is 2. The summed E-state index contributed by atoms with van der Waals surface area (Å²) < 4.78 is 0.